The van der Waals surface area contributed by atoms with Crippen LogP contribution in [-0.2, 0) is 36.8 Å². The first-order valence-corrected chi connectivity index (χ1v) is 11.4. The molecule has 2 aromatic carbocycles. The molecule has 2 heterocycles. The molecule has 190 valence electrons. The fourth-order valence-electron chi connectivity index (χ4n) is 3.54. The molecule has 2 bridgehead atoms. The Hall–Kier alpha value is -4.41. The van der Waals surface area contributed by atoms with E-state index in [0.29, 0.717) is 17.7 Å². The Balaban J connectivity index is 1.73. The molecule has 0 radical (unpaired) electrons. The molecular formula is C25H28N4O7. The van der Waals surface area contributed by atoms with Crippen LogP contribution < -0.4 is 26.0 Å². The summed E-state index contributed by atoms with van der Waals surface area (Å²) in [5, 5.41) is 19.4. The number of carboxylic acids is 1. The van der Waals surface area contributed by atoms with Gasteiger partial charge in [0.05, 0.1) is 13.1 Å². The highest BCUT2D eigenvalue weighted by molar-refractivity contribution is 5.92. The van der Waals surface area contributed by atoms with E-state index < -0.39 is 48.2 Å². The third-order valence-electron chi connectivity index (χ3n) is 5.45. The summed E-state index contributed by atoms with van der Waals surface area (Å²) < 4.78 is 5.40. The lowest BCUT2D eigenvalue weighted by Crippen LogP contribution is -2.52. The predicted molar refractivity (Wildman–Crippen MR) is 128 cm³/mol. The molecule has 11 heteroatoms. The molecule has 5 N–H and O–H groups in total. The Kier molecular flexibility index (Phi) is 9.38. The van der Waals surface area contributed by atoms with Crippen molar-refractivity contribution in [3.63, 3.8) is 0 Å². The zero-order valence-corrected chi connectivity index (χ0v) is 19.5. The smallest absolute Gasteiger partial charge is 0.326 e. The molecule has 0 spiro atoms. The summed E-state index contributed by atoms with van der Waals surface area (Å²) in [5.74, 6) is -3.26. The molecule has 2 aliphatic rings. The molecule has 2 aliphatic heterocycles. The first kappa shape index (κ1) is 26.2. The number of carbonyl (C=O) groups excluding carboxylic acids is 4. The van der Waals surface area contributed by atoms with Crippen LogP contribution in [0, 0.1) is 0 Å². The predicted octanol–water partition coefficient (Wildman–Crippen LogP) is -0.459. The van der Waals surface area contributed by atoms with E-state index in [1.807, 2.05) is 30.3 Å². The van der Waals surface area contributed by atoms with Crippen molar-refractivity contribution in [2.75, 3.05) is 19.7 Å². The van der Waals surface area contributed by atoms with Gasteiger partial charge in [-0.1, -0.05) is 42.5 Å². The topological polar surface area (TPSA) is 163 Å². The molecule has 4 amide bonds. The van der Waals surface area contributed by atoms with Gasteiger partial charge in [-0.15, -0.1) is 0 Å². The minimum Gasteiger partial charge on any atom is -0.484 e. The van der Waals surface area contributed by atoms with Crippen molar-refractivity contribution in [2.24, 2.45) is 0 Å². The molecule has 11 nitrogen and oxygen atoms in total. The largest absolute Gasteiger partial charge is 0.484 e. The van der Waals surface area contributed by atoms with Gasteiger partial charge in [-0.2, -0.15) is 0 Å². The summed E-state index contributed by atoms with van der Waals surface area (Å²) in [6, 6.07) is 13.5. The quantitative estimate of drug-likeness (QED) is 0.358. The third-order valence-corrected chi connectivity index (χ3v) is 5.45. The van der Waals surface area contributed by atoms with Crippen molar-refractivity contribution in [3.05, 3.63) is 65.7 Å². The third kappa shape index (κ3) is 8.42. The van der Waals surface area contributed by atoms with Crippen LogP contribution in [0.5, 0.6) is 5.75 Å². The van der Waals surface area contributed by atoms with Crippen molar-refractivity contribution in [1.82, 2.24) is 21.3 Å². The van der Waals surface area contributed by atoms with Gasteiger partial charge in [0.15, 0.2) is 6.61 Å². The van der Waals surface area contributed by atoms with Crippen molar-refractivity contribution < 1.29 is 33.8 Å². The zero-order chi connectivity index (χ0) is 25.9. The Bertz CT molecular complexity index is 1090. The molecule has 2 atom stereocenters. The molecule has 0 saturated carbocycles. The van der Waals surface area contributed by atoms with Crippen LogP contribution in [0.1, 0.15) is 17.5 Å². The van der Waals surface area contributed by atoms with Crippen LogP contribution >= 0.6 is 0 Å². The molecule has 0 unspecified atom stereocenters. The van der Waals surface area contributed by atoms with E-state index in [9.17, 15) is 29.1 Å². The maximum atomic E-state index is 12.8. The lowest BCUT2D eigenvalue weighted by atomic mass is 10.0. The minimum absolute atomic E-state index is 0.00550. The van der Waals surface area contributed by atoms with Crippen LogP contribution in [0.25, 0.3) is 0 Å². The summed E-state index contributed by atoms with van der Waals surface area (Å²) >= 11 is 0. The second-order valence-electron chi connectivity index (χ2n) is 8.23. The number of nitrogens with one attached hydrogen (secondary N) is 4. The fourth-order valence-corrected chi connectivity index (χ4v) is 3.54. The molecule has 0 aromatic heterocycles. The second kappa shape index (κ2) is 12.9. The lowest BCUT2D eigenvalue weighted by molar-refractivity contribution is -0.141. The normalized spacial score (nSPS) is 19.9. The van der Waals surface area contributed by atoms with Crippen LogP contribution in [-0.4, -0.2) is 66.5 Å². The van der Waals surface area contributed by atoms with Gasteiger partial charge in [-0.05, 0) is 36.1 Å². The monoisotopic (exact) mass is 496 g/mol. The average molecular weight is 497 g/mol. The number of benzene rings is 2. The molecule has 0 fully saturated rings. The average Bonchev–Trinajstić information content (AvgIpc) is 2.87. The van der Waals surface area contributed by atoms with Crippen molar-refractivity contribution in [1.29, 1.82) is 0 Å². The Morgan fingerprint density at radius 3 is 2.22 bits per heavy atom. The highest BCUT2D eigenvalue weighted by atomic mass is 16.5. The number of ether oxygens (including phenoxy) is 1. The number of carboxylic acid groups (broad SMARTS) is 1. The first-order valence-electron chi connectivity index (χ1n) is 11.4. The van der Waals surface area contributed by atoms with Gasteiger partial charge in [0.25, 0.3) is 5.91 Å². The molecular weight excluding hydrogens is 468 g/mol. The van der Waals surface area contributed by atoms with Gasteiger partial charge in [0.1, 0.15) is 17.8 Å². The maximum Gasteiger partial charge on any atom is 0.326 e. The zero-order valence-electron chi connectivity index (χ0n) is 19.5. The van der Waals surface area contributed by atoms with E-state index in [1.54, 1.807) is 24.3 Å². The minimum atomic E-state index is -1.23. The van der Waals surface area contributed by atoms with Gasteiger partial charge in [-0.25, -0.2) is 4.79 Å². The number of fused-ring (bicyclic) bond motifs is 16. The van der Waals surface area contributed by atoms with Crippen molar-refractivity contribution in [3.8, 4) is 5.75 Å². The molecule has 2 aromatic rings. The van der Waals surface area contributed by atoms with Gasteiger partial charge >= 0.3 is 5.97 Å². The number of carbonyl (C=O) groups is 5. The van der Waals surface area contributed by atoms with Gasteiger partial charge in [0.2, 0.25) is 17.7 Å². The van der Waals surface area contributed by atoms with Crippen LogP contribution in [0.2, 0.25) is 0 Å². The van der Waals surface area contributed by atoms with E-state index in [-0.39, 0.29) is 26.0 Å². The number of aryl methyl sites for hydroxylation is 1. The molecule has 0 aliphatic carbocycles. The summed E-state index contributed by atoms with van der Waals surface area (Å²) in [6.07, 6.45) is 0.724. The number of hydrogen-bond acceptors (Lipinski definition) is 6. The van der Waals surface area contributed by atoms with E-state index in [4.69, 9.17) is 4.74 Å². The van der Waals surface area contributed by atoms with Crippen molar-refractivity contribution in [2.45, 2.75) is 31.3 Å². The first-order chi connectivity index (χ1) is 17.3. The summed E-state index contributed by atoms with van der Waals surface area (Å²) in [5.41, 5.74) is 1.58. The van der Waals surface area contributed by atoms with Gasteiger partial charge in [-0.3, -0.25) is 19.2 Å². The Labute approximate surface area is 207 Å². The van der Waals surface area contributed by atoms with Crippen LogP contribution in [0.4, 0.5) is 0 Å². The van der Waals surface area contributed by atoms with E-state index in [2.05, 4.69) is 21.3 Å². The number of aliphatic carboxylic acids is 1. The second-order valence-corrected chi connectivity index (χ2v) is 8.23. The number of amides is 4. The molecule has 0 saturated heterocycles. The summed E-state index contributed by atoms with van der Waals surface area (Å²) in [4.78, 5) is 61.3. The summed E-state index contributed by atoms with van der Waals surface area (Å²) in [7, 11) is 0. The van der Waals surface area contributed by atoms with Crippen molar-refractivity contribution >= 4 is 29.6 Å². The summed E-state index contributed by atoms with van der Waals surface area (Å²) in [6.45, 7) is -1.17. The highest BCUT2D eigenvalue weighted by Gasteiger charge is 2.24. The molecule has 4 rings (SSSR count). The lowest BCUT2D eigenvalue weighted by Gasteiger charge is -2.19. The number of hydrogen-bond donors (Lipinski definition) is 5. The fraction of sp³-hybridized carbons (Fsp3) is 0.320. The van der Waals surface area contributed by atoms with Crippen LogP contribution in [0.15, 0.2) is 54.6 Å². The van der Waals surface area contributed by atoms with Gasteiger partial charge < -0.3 is 31.1 Å². The highest BCUT2D eigenvalue weighted by Crippen LogP contribution is 2.14. The van der Waals surface area contributed by atoms with Crippen LogP contribution in [0.3, 0.4) is 0 Å². The van der Waals surface area contributed by atoms with E-state index in [0.717, 1.165) is 5.56 Å². The Morgan fingerprint density at radius 1 is 0.861 bits per heavy atom. The SMILES string of the molecule is O=C1COc2ccc(cc2)C[C@@H](C(=O)O)NC(=O)CNC(=O)[C@@H](CCc2ccccc2)NC(=O)CN1. The maximum absolute atomic E-state index is 12.8. The van der Waals surface area contributed by atoms with Gasteiger partial charge in [0, 0.05) is 6.42 Å². The Morgan fingerprint density at radius 2 is 1.53 bits per heavy atom. The van der Waals surface area contributed by atoms with E-state index in [1.165, 1.54) is 0 Å². The molecule has 36 heavy (non-hydrogen) atoms. The number of rotatable bonds is 4. The van der Waals surface area contributed by atoms with E-state index >= 15 is 0 Å². The standard InChI is InChI=1S/C25H28N4O7/c30-21-13-26-23(32)15-36-18-9-6-17(7-10-18)12-20(25(34)35)29-22(31)14-27-24(33)19(28-21)11-8-16-4-2-1-3-5-16/h1-7,9-10,19-20H,8,11-15H2,(H,26,32)(H,27,33)(H,28,30)(H,29,31)(H,34,35)/t19-,20+/m1/s1.